The van der Waals surface area contributed by atoms with Crippen molar-refractivity contribution in [1.82, 2.24) is 14.2 Å². The van der Waals surface area contributed by atoms with E-state index < -0.39 is 0 Å². The van der Waals surface area contributed by atoms with Crippen molar-refractivity contribution in [2.75, 3.05) is 19.7 Å². The number of esters is 1. The van der Waals surface area contributed by atoms with Gasteiger partial charge in [-0.05, 0) is 44.1 Å². The Kier molecular flexibility index (Phi) is 4.54. The van der Waals surface area contributed by atoms with Crippen LogP contribution in [0.2, 0.25) is 0 Å². The number of nitrogens with zero attached hydrogens (tertiary/aromatic N) is 3. The summed E-state index contributed by atoms with van der Waals surface area (Å²) in [6.07, 6.45) is 3.87. The summed E-state index contributed by atoms with van der Waals surface area (Å²) < 4.78 is 9.61. The molecule has 1 aliphatic rings. The number of hydrogen-bond donors (Lipinski definition) is 1. The van der Waals surface area contributed by atoms with Gasteiger partial charge in [-0.3, -0.25) is 9.20 Å². The molecule has 2 atom stereocenters. The van der Waals surface area contributed by atoms with Crippen LogP contribution >= 0.6 is 12.2 Å². The Morgan fingerprint density at radius 2 is 2.41 bits per heavy atom. The van der Waals surface area contributed by atoms with Crippen molar-refractivity contribution in [3.05, 3.63) is 29.2 Å². The van der Waals surface area contributed by atoms with Crippen LogP contribution in [-0.2, 0) is 16.2 Å². The minimum Gasteiger partial charge on any atom is -0.466 e. The van der Waals surface area contributed by atoms with Gasteiger partial charge in [0.1, 0.15) is 5.92 Å². The first-order valence-corrected chi connectivity index (χ1v) is 8.14. The Balaban J connectivity index is 1.73. The van der Waals surface area contributed by atoms with Crippen LogP contribution in [0.15, 0.2) is 24.4 Å². The average molecular weight is 321 g/mol. The molecule has 2 aromatic heterocycles. The van der Waals surface area contributed by atoms with Gasteiger partial charge in [-0.25, -0.2) is 0 Å². The van der Waals surface area contributed by atoms with Crippen molar-refractivity contribution < 1.29 is 14.4 Å². The third kappa shape index (κ3) is 3.05. The quantitative estimate of drug-likeness (QED) is 0.665. The highest BCUT2D eigenvalue weighted by atomic mass is 32.1. The Hall–Kier alpha value is -1.73. The summed E-state index contributed by atoms with van der Waals surface area (Å²) in [5.41, 5.74) is 0.853. The smallest absolute Gasteiger partial charge is 0.314 e. The van der Waals surface area contributed by atoms with Crippen LogP contribution in [0.5, 0.6) is 0 Å². The second-order valence-electron chi connectivity index (χ2n) is 5.66. The zero-order chi connectivity index (χ0) is 15.5. The molecular formula is C15H21N4O2S+. The van der Waals surface area contributed by atoms with E-state index in [0.717, 1.165) is 31.6 Å². The first-order valence-electron chi connectivity index (χ1n) is 7.73. The number of piperidine rings is 1. The number of hydrogen-bond acceptors (Lipinski definition) is 4. The molecule has 0 spiro atoms. The second kappa shape index (κ2) is 6.58. The monoisotopic (exact) mass is 321 g/mol. The molecule has 0 radical (unpaired) electrons. The van der Waals surface area contributed by atoms with Gasteiger partial charge >= 0.3 is 5.97 Å². The van der Waals surface area contributed by atoms with E-state index in [0.29, 0.717) is 18.0 Å². The van der Waals surface area contributed by atoms with E-state index >= 15 is 0 Å². The molecule has 22 heavy (non-hydrogen) atoms. The molecule has 1 saturated heterocycles. The van der Waals surface area contributed by atoms with Crippen LogP contribution in [0, 0.1) is 10.7 Å². The summed E-state index contributed by atoms with van der Waals surface area (Å²) in [6.45, 7) is 4.81. The zero-order valence-corrected chi connectivity index (χ0v) is 13.5. The second-order valence-corrected chi connectivity index (χ2v) is 6.03. The molecule has 2 aromatic rings. The molecule has 3 heterocycles. The van der Waals surface area contributed by atoms with Crippen molar-refractivity contribution in [3.8, 4) is 0 Å². The number of likely N-dealkylation sites (tertiary alicyclic amines) is 1. The van der Waals surface area contributed by atoms with Crippen LogP contribution in [0.4, 0.5) is 0 Å². The number of quaternary nitrogens is 1. The molecule has 0 aromatic carbocycles. The van der Waals surface area contributed by atoms with E-state index in [2.05, 4.69) is 5.10 Å². The molecule has 6 nitrogen and oxygen atoms in total. The van der Waals surface area contributed by atoms with E-state index in [1.807, 2.05) is 40.4 Å². The standard InChI is InChI=1S/C15H20N4O2S/c1-2-21-14(20)12-6-5-8-17(10-12)11-19-15(22)18-9-4-3-7-13(18)16-19/h3-4,7,9,12H,2,5-6,8,10-11H2,1H3/p+1/t12-/m0/s1. The maximum absolute atomic E-state index is 11.9. The SMILES string of the molecule is CCOC(=O)[C@H]1CCC[NH+](Cn2nc3ccccn3c2=S)C1. The summed E-state index contributed by atoms with van der Waals surface area (Å²) in [5.74, 6) is -0.0757. The Morgan fingerprint density at radius 3 is 3.18 bits per heavy atom. The van der Waals surface area contributed by atoms with E-state index in [-0.39, 0.29) is 11.9 Å². The fourth-order valence-corrected chi connectivity index (χ4v) is 3.30. The molecule has 1 unspecified atom stereocenters. The van der Waals surface area contributed by atoms with Crippen molar-refractivity contribution in [2.45, 2.75) is 26.4 Å². The molecule has 0 bridgehead atoms. The fraction of sp³-hybridized carbons (Fsp3) is 0.533. The first-order chi connectivity index (χ1) is 10.7. The van der Waals surface area contributed by atoms with Gasteiger partial charge in [0.15, 0.2) is 12.3 Å². The lowest BCUT2D eigenvalue weighted by Gasteiger charge is -2.28. The molecule has 118 valence electrons. The Bertz CT molecular complexity index is 724. The molecule has 1 N–H and O–H groups in total. The van der Waals surface area contributed by atoms with Crippen LogP contribution in [-0.4, -0.2) is 39.8 Å². The number of fused-ring (bicyclic) bond motifs is 1. The number of nitrogens with one attached hydrogen (secondary N) is 1. The molecule has 0 saturated carbocycles. The predicted octanol–water partition coefficient (Wildman–Crippen LogP) is 0.681. The van der Waals surface area contributed by atoms with Crippen LogP contribution < -0.4 is 4.90 Å². The normalized spacial score (nSPS) is 21.9. The van der Waals surface area contributed by atoms with Gasteiger partial charge in [0.2, 0.25) is 4.77 Å². The number of carbonyl (C=O) groups is 1. The maximum atomic E-state index is 11.9. The number of ether oxygens (including phenoxy) is 1. The van der Waals surface area contributed by atoms with Gasteiger partial charge in [0, 0.05) is 6.20 Å². The number of pyridine rings is 1. The molecule has 0 amide bonds. The van der Waals surface area contributed by atoms with Crippen LogP contribution in [0.25, 0.3) is 5.65 Å². The highest BCUT2D eigenvalue weighted by Gasteiger charge is 2.30. The van der Waals surface area contributed by atoms with E-state index in [4.69, 9.17) is 17.0 Å². The van der Waals surface area contributed by atoms with Gasteiger partial charge < -0.3 is 9.64 Å². The Morgan fingerprint density at radius 1 is 1.55 bits per heavy atom. The number of rotatable bonds is 4. The van der Waals surface area contributed by atoms with Crippen molar-refractivity contribution in [2.24, 2.45) is 5.92 Å². The zero-order valence-electron chi connectivity index (χ0n) is 12.7. The lowest BCUT2D eigenvalue weighted by molar-refractivity contribution is -0.930. The molecule has 1 aliphatic heterocycles. The van der Waals surface area contributed by atoms with E-state index in [1.165, 1.54) is 4.90 Å². The lowest BCUT2D eigenvalue weighted by atomic mass is 9.99. The largest absolute Gasteiger partial charge is 0.466 e. The van der Waals surface area contributed by atoms with Gasteiger partial charge in [-0.2, -0.15) is 4.68 Å². The van der Waals surface area contributed by atoms with Gasteiger partial charge in [-0.1, -0.05) is 6.07 Å². The minimum absolute atomic E-state index is 0.00472. The summed E-state index contributed by atoms with van der Waals surface area (Å²) in [5, 5.41) is 4.55. The summed E-state index contributed by atoms with van der Waals surface area (Å²) in [6, 6.07) is 5.84. The maximum Gasteiger partial charge on any atom is 0.314 e. The van der Waals surface area contributed by atoms with Crippen LogP contribution in [0.1, 0.15) is 19.8 Å². The van der Waals surface area contributed by atoms with E-state index in [9.17, 15) is 4.79 Å². The average Bonchev–Trinajstić information content (AvgIpc) is 2.84. The summed E-state index contributed by atoms with van der Waals surface area (Å²) in [4.78, 5) is 13.2. The topological polar surface area (TPSA) is 53.0 Å². The first kappa shape index (κ1) is 15.2. The molecule has 3 rings (SSSR count). The molecule has 0 aliphatic carbocycles. The van der Waals surface area contributed by atoms with Gasteiger partial charge in [-0.15, -0.1) is 5.10 Å². The molecule has 1 fully saturated rings. The van der Waals surface area contributed by atoms with E-state index in [1.54, 1.807) is 0 Å². The van der Waals surface area contributed by atoms with Crippen molar-refractivity contribution in [1.29, 1.82) is 0 Å². The van der Waals surface area contributed by atoms with Gasteiger partial charge in [0.25, 0.3) is 0 Å². The molecular weight excluding hydrogens is 300 g/mol. The third-order valence-corrected chi connectivity index (χ3v) is 4.51. The highest BCUT2D eigenvalue weighted by molar-refractivity contribution is 7.71. The minimum atomic E-state index is -0.0710. The van der Waals surface area contributed by atoms with Crippen molar-refractivity contribution >= 4 is 23.8 Å². The fourth-order valence-electron chi connectivity index (χ4n) is 3.04. The van der Waals surface area contributed by atoms with Crippen LogP contribution in [0.3, 0.4) is 0 Å². The third-order valence-electron chi connectivity index (χ3n) is 4.10. The summed E-state index contributed by atoms with van der Waals surface area (Å²) >= 11 is 5.48. The predicted molar refractivity (Wildman–Crippen MR) is 84.1 cm³/mol. The summed E-state index contributed by atoms with van der Waals surface area (Å²) in [7, 11) is 0. The van der Waals surface area contributed by atoms with Crippen molar-refractivity contribution in [3.63, 3.8) is 0 Å². The Labute approximate surface area is 134 Å². The number of carbonyl (C=O) groups excluding carboxylic acids is 1. The van der Waals surface area contributed by atoms with Gasteiger partial charge in [0.05, 0.1) is 19.7 Å². The number of aromatic nitrogens is 3. The highest BCUT2D eigenvalue weighted by Crippen LogP contribution is 2.10. The lowest BCUT2D eigenvalue weighted by Crippen LogP contribution is -3.13. The molecule has 7 heteroatoms.